The fourth-order valence-electron chi connectivity index (χ4n) is 4.04. The van der Waals surface area contributed by atoms with Crippen LogP contribution in [-0.2, 0) is 0 Å². The molecule has 2 heteroatoms. The summed E-state index contributed by atoms with van der Waals surface area (Å²) in [4.78, 5) is 0. The molecule has 3 aliphatic carbocycles. The first-order valence-electron chi connectivity index (χ1n) is 5.13. The van der Waals surface area contributed by atoms with Crippen LogP contribution in [0.15, 0.2) is 0 Å². The van der Waals surface area contributed by atoms with Crippen molar-refractivity contribution >= 4 is 0 Å². The van der Waals surface area contributed by atoms with Gasteiger partial charge in [-0.2, -0.15) is 0 Å². The maximum absolute atomic E-state index is 9.73. The van der Waals surface area contributed by atoms with Crippen LogP contribution < -0.4 is 0 Å². The molecule has 0 radical (unpaired) electrons. The van der Waals surface area contributed by atoms with E-state index in [1.165, 1.54) is 12.8 Å². The Labute approximate surface area is 72.6 Å². The van der Waals surface area contributed by atoms with Crippen LogP contribution >= 0.6 is 0 Å². The minimum atomic E-state index is -0.0973. The van der Waals surface area contributed by atoms with Crippen molar-refractivity contribution in [1.82, 2.24) is 0 Å². The van der Waals surface area contributed by atoms with Gasteiger partial charge in [-0.3, -0.25) is 0 Å². The molecule has 2 nitrogen and oxygen atoms in total. The van der Waals surface area contributed by atoms with Crippen molar-refractivity contribution in [2.45, 2.75) is 37.9 Å². The molecule has 6 atom stereocenters. The van der Waals surface area contributed by atoms with Crippen LogP contribution in [0.25, 0.3) is 0 Å². The molecule has 0 heterocycles. The van der Waals surface area contributed by atoms with Gasteiger partial charge in [-0.15, -0.1) is 0 Å². The van der Waals surface area contributed by atoms with Gasteiger partial charge < -0.3 is 10.2 Å². The molecule has 0 aromatic rings. The first-order valence-corrected chi connectivity index (χ1v) is 5.13. The van der Waals surface area contributed by atoms with Gasteiger partial charge in [0.15, 0.2) is 0 Å². The van der Waals surface area contributed by atoms with Gasteiger partial charge in [0, 0.05) is 0 Å². The smallest absolute Gasteiger partial charge is 0.0575 e. The molecule has 0 amide bonds. The number of rotatable bonds is 0. The monoisotopic (exact) mass is 168 g/mol. The van der Waals surface area contributed by atoms with E-state index in [9.17, 15) is 10.2 Å². The van der Waals surface area contributed by atoms with Gasteiger partial charge in [0.25, 0.3) is 0 Å². The van der Waals surface area contributed by atoms with E-state index in [4.69, 9.17) is 0 Å². The first kappa shape index (κ1) is 7.34. The zero-order valence-electron chi connectivity index (χ0n) is 7.19. The van der Waals surface area contributed by atoms with Gasteiger partial charge in [0.05, 0.1) is 12.2 Å². The van der Waals surface area contributed by atoms with Gasteiger partial charge in [-0.05, 0) is 49.4 Å². The molecule has 68 valence electrons. The third-order valence-corrected chi connectivity index (χ3v) is 4.45. The second kappa shape index (κ2) is 2.24. The Bertz CT molecular complexity index is 204. The average molecular weight is 168 g/mol. The number of aliphatic hydroxyl groups is 2. The van der Waals surface area contributed by atoms with E-state index in [1.807, 2.05) is 0 Å². The van der Waals surface area contributed by atoms with Crippen molar-refractivity contribution in [3.8, 4) is 0 Å². The highest BCUT2D eigenvalue weighted by molar-refractivity contribution is 5.05. The minimum Gasteiger partial charge on any atom is -0.393 e. The molecule has 2 N–H and O–H groups in total. The molecule has 0 aliphatic heterocycles. The summed E-state index contributed by atoms with van der Waals surface area (Å²) < 4.78 is 0. The molecule has 3 saturated carbocycles. The lowest BCUT2D eigenvalue weighted by Crippen LogP contribution is -2.33. The molecule has 0 saturated heterocycles. The molecule has 2 bridgehead atoms. The van der Waals surface area contributed by atoms with E-state index in [1.54, 1.807) is 0 Å². The number of hydrogen-bond acceptors (Lipinski definition) is 2. The number of aliphatic hydroxyl groups excluding tert-OH is 2. The molecule has 3 fully saturated rings. The largest absolute Gasteiger partial charge is 0.393 e. The lowest BCUT2D eigenvalue weighted by Gasteiger charge is -2.30. The van der Waals surface area contributed by atoms with Crippen molar-refractivity contribution in [2.24, 2.45) is 23.7 Å². The summed E-state index contributed by atoms with van der Waals surface area (Å²) in [5.74, 6) is 2.40. The van der Waals surface area contributed by atoms with E-state index in [0.717, 1.165) is 24.7 Å². The summed E-state index contributed by atoms with van der Waals surface area (Å²) in [6, 6.07) is 0. The topological polar surface area (TPSA) is 40.5 Å². The van der Waals surface area contributed by atoms with Crippen molar-refractivity contribution in [1.29, 1.82) is 0 Å². The van der Waals surface area contributed by atoms with E-state index < -0.39 is 0 Å². The molecule has 3 aliphatic rings. The molecule has 12 heavy (non-hydrogen) atoms. The molecular formula is C10H16O2. The lowest BCUT2D eigenvalue weighted by molar-refractivity contribution is 0.0142. The van der Waals surface area contributed by atoms with Crippen LogP contribution in [0.3, 0.4) is 0 Å². The molecule has 0 aromatic heterocycles. The van der Waals surface area contributed by atoms with E-state index in [2.05, 4.69) is 0 Å². The van der Waals surface area contributed by atoms with Crippen LogP contribution in [0.4, 0.5) is 0 Å². The van der Waals surface area contributed by atoms with Crippen LogP contribution in [0, 0.1) is 23.7 Å². The Kier molecular flexibility index (Phi) is 1.37. The van der Waals surface area contributed by atoms with Crippen molar-refractivity contribution in [2.75, 3.05) is 0 Å². The van der Waals surface area contributed by atoms with Crippen molar-refractivity contribution in [3.05, 3.63) is 0 Å². The highest BCUT2D eigenvalue weighted by Crippen LogP contribution is 2.58. The van der Waals surface area contributed by atoms with Crippen molar-refractivity contribution < 1.29 is 10.2 Å². The Hall–Kier alpha value is -0.0800. The molecule has 3 rings (SSSR count). The Morgan fingerprint density at radius 1 is 0.833 bits per heavy atom. The van der Waals surface area contributed by atoms with E-state index >= 15 is 0 Å². The highest BCUT2D eigenvalue weighted by Gasteiger charge is 2.56. The standard InChI is InChI=1S/C10H16O2/c11-8-2-1-6-5-3-7(10(6)8)9(12)4-5/h5-12H,1-4H2/t5-,6+,7+,8+,9-,10-/m1/s1. The van der Waals surface area contributed by atoms with Crippen molar-refractivity contribution in [3.63, 3.8) is 0 Å². The van der Waals surface area contributed by atoms with Gasteiger partial charge >= 0.3 is 0 Å². The fourth-order valence-corrected chi connectivity index (χ4v) is 4.04. The third kappa shape index (κ3) is 0.728. The number of fused-ring (bicyclic) bond motifs is 5. The van der Waals surface area contributed by atoms with Crippen LogP contribution in [0.5, 0.6) is 0 Å². The zero-order chi connectivity index (χ0) is 8.29. The molecule has 0 aromatic carbocycles. The summed E-state index contributed by atoms with van der Waals surface area (Å²) in [5.41, 5.74) is 0. The summed E-state index contributed by atoms with van der Waals surface area (Å²) in [6.07, 6.45) is 4.20. The predicted octanol–water partition coefficient (Wildman–Crippen LogP) is 0.774. The van der Waals surface area contributed by atoms with Crippen LogP contribution in [0.2, 0.25) is 0 Å². The highest BCUT2D eigenvalue weighted by atomic mass is 16.3. The third-order valence-electron chi connectivity index (χ3n) is 4.45. The van der Waals surface area contributed by atoms with Gasteiger partial charge in [0.2, 0.25) is 0 Å². The normalized spacial score (nSPS) is 62.5. The predicted molar refractivity (Wildman–Crippen MR) is 44.4 cm³/mol. The summed E-state index contributed by atoms with van der Waals surface area (Å²) in [7, 11) is 0. The number of hydrogen-bond donors (Lipinski definition) is 2. The summed E-state index contributed by atoms with van der Waals surface area (Å²) >= 11 is 0. The second-order valence-electron chi connectivity index (χ2n) is 4.85. The summed E-state index contributed by atoms with van der Waals surface area (Å²) in [6.45, 7) is 0. The molecule has 0 unspecified atom stereocenters. The molecular weight excluding hydrogens is 152 g/mol. The van der Waals surface area contributed by atoms with Gasteiger partial charge in [-0.25, -0.2) is 0 Å². The Balaban J connectivity index is 1.90. The van der Waals surface area contributed by atoms with E-state index in [-0.39, 0.29) is 12.2 Å². The van der Waals surface area contributed by atoms with Crippen LogP contribution in [-0.4, -0.2) is 22.4 Å². The van der Waals surface area contributed by atoms with Gasteiger partial charge in [-0.1, -0.05) is 0 Å². The van der Waals surface area contributed by atoms with Gasteiger partial charge in [0.1, 0.15) is 0 Å². The Morgan fingerprint density at radius 3 is 2.50 bits per heavy atom. The maximum atomic E-state index is 9.73. The summed E-state index contributed by atoms with van der Waals surface area (Å²) in [5, 5.41) is 19.4. The van der Waals surface area contributed by atoms with Crippen LogP contribution in [0.1, 0.15) is 25.7 Å². The molecule has 0 spiro atoms. The quantitative estimate of drug-likeness (QED) is 0.561. The van der Waals surface area contributed by atoms with E-state index in [0.29, 0.717) is 11.8 Å². The SMILES string of the molecule is O[C@@H]1C[C@H]2C[C@@H]1[C@H]1[C@H]2CC[C@@H]1O. The second-order valence-corrected chi connectivity index (χ2v) is 4.85. The lowest BCUT2D eigenvalue weighted by atomic mass is 9.79. The zero-order valence-corrected chi connectivity index (χ0v) is 7.19. The fraction of sp³-hybridized carbons (Fsp3) is 1.00. The first-order chi connectivity index (χ1) is 5.77. The minimum absolute atomic E-state index is 0.0935. The Morgan fingerprint density at radius 2 is 1.67 bits per heavy atom. The average Bonchev–Trinajstić information content (AvgIpc) is 2.62. The maximum Gasteiger partial charge on any atom is 0.0575 e.